The first-order valence-electron chi connectivity index (χ1n) is 7.31. The van der Waals surface area contributed by atoms with Crippen molar-refractivity contribution in [3.05, 3.63) is 63.6 Å². The number of rotatable bonds is 4. The Bertz CT molecular complexity index is 903. The molecule has 1 heterocycles. The van der Waals surface area contributed by atoms with Gasteiger partial charge in [0.05, 0.1) is 10.6 Å². The summed E-state index contributed by atoms with van der Waals surface area (Å²) in [7, 11) is 0. The largest absolute Gasteiger partial charge is 0.484 e. The van der Waals surface area contributed by atoms with Gasteiger partial charge in [0.25, 0.3) is 5.91 Å². The molecule has 0 saturated carbocycles. The molecule has 0 unspecified atom stereocenters. The van der Waals surface area contributed by atoms with Crippen molar-refractivity contribution in [3.8, 4) is 11.5 Å². The lowest BCUT2D eigenvalue weighted by Gasteiger charge is -2.07. The molecule has 0 aromatic heterocycles. The number of hydrogen-bond acceptors (Lipinski definition) is 4. The van der Waals surface area contributed by atoms with E-state index in [4.69, 9.17) is 26.8 Å². The first-order chi connectivity index (χ1) is 11.9. The van der Waals surface area contributed by atoms with Crippen molar-refractivity contribution in [2.24, 2.45) is 5.73 Å². The molecule has 0 spiro atoms. The van der Waals surface area contributed by atoms with E-state index in [1.54, 1.807) is 13.0 Å². The number of carbonyl (C=O) groups excluding carboxylic acids is 2. The van der Waals surface area contributed by atoms with Gasteiger partial charge in [0.2, 0.25) is 5.78 Å². The highest BCUT2D eigenvalue weighted by Gasteiger charge is 2.30. The Morgan fingerprint density at radius 3 is 2.84 bits per heavy atom. The topological polar surface area (TPSA) is 78.6 Å². The van der Waals surface area contributed by atoms with E-state index in [2.05, 4.69) is 0 Å². The predicted molar refractivity (Wildman–Crippen MR) is 90.2 cm³/mol. The summed E-state index contributed by atoms with van der Waals surface area (Å²) in [6, 6.07) is 7.31. The van der Waals surface area contributed by atoms with E-state index < -0.39 is 11.7 Å². The van der Waals surface area contributed by atoms with Gasteiger partial charge in [0.1, 0.15) is 17.3 Å². The Morgan fingerprint density at radius 1 is 1.40 bits per heavy atom. The van der Waals surface area contributed by atoms with E-state index >= 15 is 0 Å². The summed E-state index contributed by atoms with van der Waals surface area (Å²) in [5.74, 6) is -0.999. The minimum Gasteiger partial charge on any atom is -0.484 e. The second-order valence-electron chi connectivity index (χ2n) is 5.44. The average Bonchev–Trinajstić information content (AvgIpc) is 2.85. The lowest BCUT2D eigenvalue weighted by Crippen LogP contribution is -2.20. The summed E-state index contributed by atoms with van der Waals surface area (Å²) in [5.41, 5.74) is 6.07. The van der Waals surface area contributed by atoms with Gasteiger partial charge in [-0.05, 0) is 36.8 Å². The lowest BCUT2D eigenvalue weighted by molar-refractivity contribution is -0.119. The maximum absolute atomic E-state index is 13.9. The van der Waals surface area contributed by atoms with Crippen LogP contribution in [-0.2, 0) is 4.79 Å². The van der Waals surface area contributed by atoms with Crippen LogP contribution in [0.3, 0.4) is 0 Å². The van der Waals surface area contributed by atoms with Crippen LogP contribution < -0.4 is 15.2 Å². The SMILES string of the molecule is Cc1cc(OCC(N)=O)cc2c1C(=O)/C(=C/c1c(F)cccc1Cl)O2. The summed E-state index contributed by atoms with van der Waals surface area (Å²) < 4.78 is 24.7. The van der Waals surface area contributed by atoms with Crippen LogP contribution in [0.4, 0.5) is 4.39 Å². The molecule has 5 nitrogen and oxygen atoms in total. The highest BCUT2D eigenvalue weighted by atomic mass is 35.5. The van der Waals surface area contributed by atoms with Crippen LogP contribution in [0.5, 0.6) is 11.5 Å². The monoisotopic (exact) mass is 361 g/mol. The summed E-state index contributed by atoms with van der Waals surface area (Å²) >= 11 is 5.98. The molecule has 2 aromatic rings. The first-order valence-corrected chi connectivity index (χ1v) is 7.68. The molecule has 0 saturated heterocycles. The van der Waals surface area contributed by atoms with Gasteiger partial charge >= 0.3 is 0 Å². The highest BCUT2D eigenvalue weighted by Crippen LogP contribution is 2.38. The van der Waals surface area contributed by atoms with Gasteiger partial charge < -0.3 is 15.2 Å². The molecule has 3 rings (SSSR count). The number of ether oxygens (including phenoxy) is 2. The number of carbonyl (C=O) groups is 2. The highest BCUT2D eigenvalue weighted by molar-refractivity contribution is 6.32. The fourth-order valence-electron chi connectivity index (χ4n) is 2.49. The van der Waals surface area contributed by atoms with Gasteiger partial charge in [-0.2, -0.15) is 0 Å². The van der Waals surface area contributed by atoms with E-state index in [1.165, 1.54) is 30.3 Å². The second kappa shape index (κ2) is 6.57. The molecule has 7 heteroatoms. The quantitative estimate of drug-likeness (QED) is 0.848. The van der Waals surface area contributed by atoms with Crippen LogP contribution in [0.25, 0.3) is 6.08 Å². The number of nitrogens with two attached hydrogens (primary N) is 1. The van der Waals surface area contributed by atoms with Crippen LogP contribution in [0.15, 0.2) is 36.1 Å². The van der Waals surface area contributed by atoms with Crippen LogP contribution in [0, 0.1) is 12.7 Å². The summed E-state index contributed by atoms with van der Waals surface area (Å²) in [6.07, 6.45) is 1.27. The first kappa shape index (κ1) is 17.0. The Hall–Kier alpha value is -2.86. The van der Waals surface area contributed by atoms with Crippen molar-refractivity contribution in [1.29, 1.82) is 0 Å². The number of Topliss-reactive ketones (excluding diaryl/α,β-unsaturated/α-hetero) is 1. The third kappa shape index (κ3) is 3.34. The molecule has 0 radical (unpaired) electrons. The smallest absolute Gasteiger partial charge is 0.255 e. The third-order valence-corrected chi connectivity index (χ3v) is 3.93. The lowest BCUT2D eigenvalue weighted by atomic mass is 10.0. The Labute approximate surface area is 147 Å². The molecule has 0 fully saturated rings. The zero-order valence-electron chi connectivity index (χ0n) is 13.1. The van der Waals surface area contributed by atoms with Crippen molar-refractivity contribution in [1.82, 2.24) is 0 Å². The minimum atomic E-state index is -0.620. The molecule has 128 valence electrons. The third-order valence-electron chi connectivity index (χ3n) is 3.60. The van der Waals surface area contributed by atoms with Crippen molar-refractivity contribution < 1.29 is 23.5 Å². The summed E-state index contributed by atoms with van der Waals surface area (Å²) in [4.78, 5) is 23.4. The minimum absolute atomic E-state index is 0.0443. The van der Waals surface area contributed by atoms with Gasteiger partial charge in [0.15, 0.2) is 12.4 Å². The van der Waals surface area contributed by atoms with Crippen LogP contribution in [-0.4, -0.2) is 18.3 Å². The van der Waals surface area contributed by atoms with Gasteiger partial charge in [-0.15, -0.1) is 0 Å². The van der Waals surface area contributed by atoms with Gasteiger partial charge in [-0.3, -0.25) is 9.59 Å². The number of ketones is 1. The normalized spacial score (nSPS) is 14.4. The number of primary amides is 1. The molecular weight excluding hydrogens is 349 g/mol. The molecule has 2 N–H and O–H groups in total. The predicted octanol–water partition coefficient (Wildman–Crippen LogP) is 3.27. The molecule has 1 amide bonds. The zero-order chi connectivity index (χ0) is 18.1. The maximum atomic E-state index is 13.9. The summed E-state index contributed by atoms with van der Waals surface area (Å²) in [6.45, 7) is 1.41. The van der Waals surface area contributed by atoms with Crippen LogP contribution >= 0.6 is 11.6 Å². The standard InChI is InChI=1S/C18H13ClFNO4/c1-9-5-10(24-8-16(21)22)6-14-17(9)18(23)15(25-14)7-11-12(19)3-2-4-13(11)20/h2-7H,8H2,1H3,(H2,21,22)/b15-7-. The number of hydrogen-bond donors (Lipinski definition) is 1. The van der Waals surface area contributed by atoms with Gasteiger partial charge in [-0.1, -0.05) is 17.7 Å². The number of halogens is 2. The Kier molecular flexibility index (Phi) is 4.46. The van der Waals surface area contributed by atoms with E-state index in [0.29, 0.717) is 16.9 Å². The summed E-state index contributed by atoms with van der Waals surface area (Å²) in [5, 5.41) is 0.169. The molecule has 1 aliphatic rings. The van der Waals surface area contributed by atoms with Crippen LogP contribution in [0.1, 0.15) is 21.5 Å². The van der Waals surface area contributed by atoms with E-state index in [1.807, 2.05) is 0 Å². The number of benzene rings is 2. The van der Waals surface area contributed by atoms with Crippen LogP contribution in [0.2, 0.25) is 5.02 Å². The second-order valence-corrected chi connectivity index (χ2v) is 5.85. The Balaban J connectivity index is 1.97. The maximum Gasteiger partial charge on any atom is 0.255 e. The molecule has 0 atom stereocenters. The van der Waals surface area contributed by atoms with Crippen molar-refractivity contribution in [2.45, 2.75) is 6.92 Å². The van der Waals surface area contributed by atoms with E-state index in [-0.39, 0.29) is 34.5 Å². The number of fused-ring (bicyclic) bond motifs is 1. The van der Waals surface area contributed by atoms with Gasteiger partial charge in [0, 0.05) is 11.6 Å². The van der Waals surface area contributed by atoms with Crippen molar-refractivity contribution >= 4 is 29.4 Å². The van der Waals surface area contributed by atoms with Gasteiger partial charge in [-0.25, -0.2) is 4.39 Å². The zero-order valence-corrected chi connectivity index (χ0v) is 13.9. The van der Waals surface area contributed by atoms with Crippen molar-refractivity contribution in [2.75, 3.05) is 6.61 Å². The fraction of sp³-hybridized carbons (Fsp3) is 0.111. The number of amides is 1. The molecule has 0 aliphatic carbocycles. The van der Waals surface area contributed by atoms with Crippen molar-refractivity contribution in [3.63, 3.8) is 0 Å². The average molecular weight is 362 g/mol. The Morgan fingerprint density at radius 2 is 2.16 bits per heavy atom. The van der Waals surface area contributed by atoms with E-state index in [0.717, 1.165) is 0 Å². The van der Waals surface area contributed by atoms with E-state index in [9.17, 15) is 14.0 Å². The molecule has 1 aliphatic heterocycles. The fourth-order valence-corrected chi connectivity index (χ4v) is 2.71. The molecule has 0 bridgehead atoms. The molecule has 25 heavy (non-hydrogen) atoms. The number of aryl methyl sites for hydroxylation is 1. The molecule has 2 aromatic carbocycles. The number of allylic oxidation sites excluding steroid dienone is 1. The molecular formula is C18H13ClFNO4.